The molecule has 0 unspecified atom stereocenters. The van der Waals surface area contributed by atoms with Gasteiger partial charge in [0.1, 0.15) is 0 Å². The SMILES string of the molecule is CCOC(=O)c1ccc(-n2c(-c3ccccc3)cc(/C=N\NC(=O)c3ccccc3Cl)c2-c2ccccc2)cc1. The largest absolute Gasteiger partial charge is 0.462 e. The van der Waals surface area contributed by atoms with Gasteiger partial charge in [0.25, 0.3) is 5.91 Å². The van der Waals surface area contributed by atoms with Crippen molar-refractivity contribution in [1.29, 1.82) is 0 Å². The van der Waals surface area contributed by atoms with Gasteiger partial charge in [-0.3, -0.25) is 4.79 Å². The number of halogens is 1. The van der Waals surface area contributed by atoms with Crippen LogP contribution in [0.1, 0.15) is 33.2 Å². The topological polar surface area (TPSA) is 72.7 Å². The van der Waals surface area contributed by atoms with Crippen molar-refractivity contribution >= 4 is 29.7 Å². The van der Waals surface area contributed by atoms with Crippen molar-refractivity contribution in [3.8, 4) is 28.2 Å². The summed E-state index contributed by atoms with van der Waals surface area (Å²) in [5.74, 6) is -0.768. The molecule has 0 aliphatic heterocycles. The molecule has 0 saturated carbocycles. The zero-order valence-electron chi connectivity index (χ0n) is 21.8. The number of nitrogens with zero attached hydrogens (tertiary/aromatic N) is 2. The van der Waals surface area contributed by atoms with E-state index < -0.39 is 5.91 Å². The van der Waals surface area contributed by atoms with E-state index in [1.54, 1.807) is 49.5 Å². The second-order valence-corrected chi connectivity index (χ2v) is 9.25. The number of aromatic nitrogens is 1. The summed E-state index contributed by atoms with van der Waals surface area (Å²) >= 11 is 6.18. The summed E-state index contributed by atoms with van der Waals surface area (Å²) in [6.07, 6.45) is 1.63. The fourth-order valence-electron chi connectivity index (χ4n) is 4.44. The van der Waals surface area contributed by atoms with Crippen molar-refractivity contribution in [2.24, 2.45) is 5.10 Å². The minimum absolute atomic E-state index is 0.310. The average molecular weight is 548 g/mol. The highest BCUT2D eigenvalue weighted by Gasteiger charge is 2.19. The second kappa shape index (κ2) is 12.3. The monoisotopic (exact) mass is 547 g/mol. The van der Waals surface area contributed by atoms with E-state index >= 15 is 0 Å². The number of carbonyl (C=O) groups excluding carboxylic acids is 2. The predicted molar refractivity (Wildman–Crippen MR) is 159 cm³/mol. The minimum atomic E-state index is -0.402. The predicted octanol–water partition coefficient (Wildman–Crippen LogP) is 7.41. The Hall–Kier alpha value is -4.94. The first-order valence-corrected chi connectivity index (χ1v) is 13.2. The molecule has 0 saturated heterocycles. The number of rotatable bonds is 8. The molecule has 6 nitrogen and oxygen atoms in total. The number of hydrogen-bond acceptors (Lipinski definition) is 4. The zero-order chi connectivity index (χ0) is 27.9. The average Bonchev–Trinajstić information content (AvgIpc) is 3.38. The molecule has 7 heteroatoms. The van der Waals surface area contributed by atoms with Crippen molar-refractivity contribution in [3.63, 3.8) is 0 Å². The van der Waals surface area contributed by atoms with Crippen LogP contribution in [0.25, 0.3) is 28.2 Å². The Morgan fingerprint density at radius 1 is 0.850 bits per heavy atom. The molecule has 0 atom stereocenters. The molecule has 0 radical (unpaired) electrons. The lowest BCUT2D eigenvalue weighted by Crippen LogP contribution is -2.18. The second-order valence-electron chi connectivity index (χ2n) is 8.85. The Morgan fingerprint density at radius 2 is 1.48 bits per heavy atom. The van der Waals surface area contributed by atoms with Gasteiger partial charge in [0, 0.05) is 11.3 Å². The van der Waals surface area contributed by atoms with E-state index in [0.29, 0.717) is 22.8 Å². The van der Waals surface area contributed by atoms with Gasteiger partial charge in [-0.25, -0.2) is 10.2 Å². The fourth-order valence-corrected chi connectivity index (χ4v) is 4.66. The lowest BCUT2D eigenvalue weighted by molar-refractivity contribution is 0.0526. The van der Waals surface area contributed by atoms with Gasteiger partial charge in [-0.1, -0.05) is 84.4 Å². The number of esters is 1. The van der Waals surface area contributed by atoms with Crippen LogP contribution in [-0.4, -0.2) is 29.3 Å². The van der Waals surface area contributed by atoms with Gasteiger partial charge in [0.2, 0.25) is 0 Å². The zero-order valence-corrected chi connectivity index (χ0v) is 22.5. The maximum Gasteiger partial charge on any atom is 0.338 e. The highest BCUT2D eigenvalue weighted by molar-refractivity contribution is 6.33. The molecule has 0 fully saturated rings. The molecule has 5 rings (SSSR count). The van der Waals surface area contributed by atoms with Gasteiger partial charge >= 0.3 is 5.97 Å². The molecule has 0 bridgehead atoms. The van der Waals surface area contributed by atoms with Crippen LogP contribution in [0.15, 0.2) is 120 Å². The first kappa shape index (κ1) is 26.7. The number of nitrogens with one attached hydrogen (secondary N) is 1. The Morgan fingerprint density at radius 3 is 2.12 bits per heavy atom. The number of benzene rings is 4. The molecule has 1 heterocycles. The minimum Gasteiger partial charge on any atom is -0.462 e. The Labute approximate surface area is 237 Å². The summed E-state index contributed by atoms with van der Waals surface area (Å²) in [5, 5.41) is 4.64. The molecular weight excluding hydrogens is 522 g/mol. The highest BCUT2D eigenvalue weighted by atomic mass is 35.5. The van der Waals surface area contributed by atoms with Gasteiger partial charge in [-0.15, -0.1) is 0 Å². The van der Waals surface area contributed by atoms with Crippen molar-refractivity contribution in [1.82, 2.24) is 9.99 Å². The quantitative estimate of drug-likeness (QED) is 0.125. The van der Waals surface area contributed by atoms with E-state index in [4.69, 9.17) is 16.3 Å². The van der Waals surface area contributed by atoms with Crippen LogP contribution in [0.5, 0.6) is 0 Å². The van der Waals surface area contributed by atoms with E-state index in [2.05, 4.69) is 15.1 Å². The lowest BCUT2D eigenvalue weighted by Gasteiger charge is -2.15. The maximum atomic E-state index is 12.7. The maximum absolute atomic E-state index is 12.7. The standard InChI is InChI=1S/C33H26ClN3O3/c1-2-40-33(39)25-17-19-27(20-18-25)37-30(23-11-5-3-6-12-23)21-26(31(37)24-13-7-4-8-14-24)22-35-36-32(38)28-15-9-10-16-29(28)34/h3-22H,2H2,1H3,(H,36,38)/b35-22-. The summed E-state index contributed by atoms with van der Waals surface area (Å²) in [7, 11) is 0. The first-order chi connectivity index (χ1) is 19.6. The number of amides is 1. The molecule has 198 valence electrons. The van der Waals surface area contributed by atoms with Gasteiger partial charge in [-0.05, 0) is 60.5 Å². The van der Waals surface area contributed by atoms with Crippen molar-refractivity contribution in [3.05, 3.63) is 137 Å². The van der Waals surface area contributed by atoms with Crippen LogP contribution in [0, 0.1) is 0 Å². The van der Waals surface area contributed by atoms with E-state index in [9.17, 15) is 9.59 Å². The summed E-state index contributed by atoms with van der Waals surface area (Å²) in [6, 6.07) is 36.1. The molecule has 0 aliphatic rings. The van der Waals surface area contributed by atoms with Crippen LogP contribution in [-0.2, 0) is 4.74 Å². The van der Waals surface area contributed by atoms with Crippen LogP contribution >= 0.6 is 11.6 Å². The van der Waals surface area contributed by atoms with E-state index in [0.717, 1.165) is 33.8 Å². The van der Waals surface area contributed by atoms with E-state index in [1.165, 1.54) is 0 Å². The van der Waals surface area contributed by atoms with Gasteiger partial charge in [0.15, 0.2) is 0 Å². The third-order valence-corrected chi connectivity index (χ3v) is 6.60. The molecule has 1 N–H and O–H groups in total. The number of hydrazone groups is 1. The fraction of sp³-hybridized carbons (Fsp3) is 0.0606. The summed E-state index contributed by atoms with van der Waals surface area (Å²) in [4.78, 5) is 25.0. The van der Waals surface area contributed by atoms with Crippen molar-refractivity contribution < 1.29 is 14.3 Å². The smallest absolute Gasteiger partial charge is 0.338 e. The molecule has 4 aromatic carbocycles. The molecule has 5 aromatic rings. The number of hydrogen-bond donors (Lipinski definition) is 1. The highest BCUT2D eigenvalue weighted by Crippen LogP contribution is 2.35. The molecule has 0 spiro atoms. The number of ether oxygens (including phenoxy) is 1. The Kier molecular flexibility index (Phi) is 8.18. The van der Waals surface area contributed by atoms with Crippen LogP contribution in [0.3, 0.4) is 0 Å². The summed E-state index contributed by atoms with van der Waals surface area (Å²) in [5.41, 5.74) is 8.80. The Balaban J connectivity index is 1.63. The lowest BCUT2D eigenvalue weighted by atomic mass is 10.1. The Bertz CT molecular complexity index is 1660. The summed E-state index contributed by atoms with van der Waals surface area (Å²) in [6.45, 7) is 2.09. The van der Waals surface area contributed by atoms with Crippen LogP contribution in [0.2, 0.25) is 5.02 Å². The van der Waals surface area contributed by atoms with Gasteiger partial charge in [0.05, 0.1) is 40.4 Å². The van der Waals surface area contributed by atoms with E-state index in [-0.39, 0.29) is 5.97 Å². The van der Waals surface area contributed by atoms with Crippen LogP contribution < -0.4 is 5.43 Å². The first-order valence-electron chi connectivity index (χ1n) is 12.8. The van der Waals surface area contributed by atoms with Crippen LogP contribution in [0.4, 0.5) is 0 Å². The molecule has 1 aromatic heterocycles. The summed E-state index contributed by atoms with van der Waals surface area (Å²) < 4.78 is 7.28. The third kappa shape index (κ3) is 5.72. The van der Waals surface area contributed by atoms with Crippen molar-refractivity contribution in [2.75, 3.05) is 6.61 Å². The normalized spacial score (nSPS) is 10.9. The molecule has 40 heavy (non-hydrogen) atoms. The van der Waals surface area contributed by atoms with Gasteiger partial charge < -0.3 is 9.30 Å². The molecule has 1 amide bonds. The molecular formula is C33H26ClN3O3. The van der Waals surface area contributed by atoms with E-state index in [1.807, 2.05) is 78.9 Å². The number of carbonyl (C=O) groups is 2. The molecule has 0 aliphatic carbocycles. The third-order valence-electron chi connectivity index (χ3n) is 6.27. The van der Waals surface area contributed by atoms with Gasteiger partial charge in [-0.2, -0.15) is 5.10 Å². The van der Waals surface area contributed by atoms with Crippen molar-refractivity contribution in [2.45, 2.75) is 6.92 Å².